The maximum atomic E-state index is 5.39. The molecule has 10 rings (SSSR count). The average molecular weight is 687 g/mol. The van der Waals surface area contributed by atoms with Crippen LogP contribution < -0.4 is 0 Å². The minimum absolute atomic E-state index is 0.700. The van der Waals surface area contributed by atoms with Gasteiger partial charge in [-0.3, -0.25) is 0 Å². The second-order valence-corrected chi connectivity index (χ2v) is 13.7. The van der Waals surface area contributed by atoms with Gasteiger partial charge in [-0.05, 0) is 77.8 Å². The van der Waals surface area contributed by atoms with Crippen molar-refractivity contribution in [2.24, 2.45) is 0 Å². The molecule has 0 fully saturated rings. The van der Waals surface area contributed by atoms with Crippen molar-refractivity contribution in [2.45, 2.75) is 0 Å². The van der Waals surface area contributed by atoms with Crippen LogP contribution in [0, 0.1) is 0 Å². The van der Waals surface area contributed by atoms with Gasteiger partial charge in [0.1, 0.15) is 0 Å². The van der Waals surface area contributed by atoms with Crippen LogP contribution in [0.2, 0.25) is 0 Å². The van der Waals surface area contributed by atoms with E-state index < -0.39 is 0 Å². The molecule has 0 radical (unpaired) electrons. The quantitative estimate of drug-likeness (QED) is 0.129. The van der Waals surface area contributed by atoms with Crippen molar-refractivity contribution in [1.82, 2.24) is 9.97 Å². The molecule has 0 bridgehead atoms. The molecule has 0 N–H and O–H groups in total. The van der Waals surface area contributed by atoms with E-state index in [2.05, 4.69) is 200 Å². The highest BCUT2D eigenvalue weighted by atomic mass is 14.9. The Morgan fingerprint density at radius 1 is 0.259 bits per heavy atom. The molecule has 0 saturated carbocycles. The molecule has 10 aromatic rings. The zero-order valence-corrected chi connectivity index (χ0v) is 29.5. The van der Waals surface area contributed by atoms with E-state index in [-0.39, 0.29) is 0 Å². The van der Waals surface area contributed by atoms with E-state index in [4.69, 9.17) is 9.97 Å². The summed E-state index contributed by atoms with van der Waals surface area (Å²) in [5.74, 6) is 0.700. The fourth-order valence-electron chi connectivity index (χ4n) is 7.91. The number of nitrogens with zero attached hydrogens (tertiary/aromatic N) is 2. The molecule has 0 amide bonds. The SMILES string of the molecule is c1ccc(-c2ccc(-c3cccc(-c4cc(-c5c6ccccc6c(-c6ccccc6)c6c5ccc5ccccc56)nc(-c5ccccc5)n4)c3)cc2)cc1. The van der Waals surface area contributed by atoms with Gasteiger partial charge in [0.05, 0.1) is 11.4 Å². The van der Waals surface area contributed by atoms with Gasteiger partial charge in [-0.15, -0.1) is 0 Å². The second kappa shape index (κ2) is 13.4. The lowest BCUT2D eigenvalue weighted by atomic mass is 9.85. The summed E-state index contributed by atoms with van der Waals surface area (Å²) in [5, 5.41) is 7.20. The minimum Gasteiger partial charge on any atom is -0.228 e. The lowest BCUT2D eigenvalue weighted by Crippen LogP contribution is -1.98. The number of benzene rings is 9. The third-order valence-electron chi connectivity index (χ3n) is 10.5. The fourth-order valence-corrected chi connectivity index (χ4v) is 7.91. The predicted octanol–water partition coefficient (Wildman–Crippen LogP) is 13.9. The second-order valence-electron chi connectivity index (χ2n) is 13.7. The fraction of sp³-hybridized carbons (Fsp3) is 0. The normalized spacial score (nSPS) is 11.3. The molecule has 2 heteroatoms. The molecule has 1 heterocycles. The van der Waals surface area contributed by atoms with Crippen LogP contribution in [0.1, 0.15) is 0 Å². The van der Waals surface area contributed by atoms with Crippen LogP contribution in [0.15, 0.2) is 206 Å². The Morgan fingerprint density at radius 3 is 1.46 bits per heavy atom. The first kappa shape index (κ1) is 31.6. The Kier molecular flexibility index (Phi) is 7.85. The highest BCUT2D eigenvalue weighted by Crippen LogP contribution is 2.46. The number of hydrogen-bond acceptors (Lipinski definition) is 2. The summed E-state index contributed by atoms with van der Waals surface area (Å²) in [6.07, 6.45) is 0. The third-order valence-corrected chi connectivity index (χ3v) is 10.5. The first-order valence-electron chi connectivity index (χ1n) is 18.4. The van der Waals surface area contributed by atoms with Gasteiger partial charge in [0.2, 0.25) is 0 Å². The van der Waals surface area contributed by atoms with Gasteiger partial charge in [-0.2, -0.15) is 0 Å². The first-order valence-corrected chi connectivity index (χ1v) is 18.4. The van der Waals surface area contributed by atoms with E-state index in [9.17, 15) is 0 Å². The van der Waals surface area contributed by atoms with Crippen molar-refractivity contribution in [3.63, 3.8) is 0 Å². The van der Waals surface area contributed by atoms with Crippen molar-refractivity contribution < 1.29 is 0 Å². The third kappa shape index (κ3) is 5.62. The lowest BCUT2D eigenvalue weighted by molar-refractivity contribution is 1.19. The highest BCUT2D eigenvalue weighted by molar-refractivity contribution is 6.27. The maximum absolute atomic E-state index is 5.39. The van der Waals surface area contributed by atoms with Gasteiger partial charge in [0.25, 0.3) is 0 Å². The molecule has 0 atom stereocenters. The topological polar surface area (TPSA) is 25.8 Å². The van der Waals surface area contributed by atoms with Crippen molar-refractivity contribution in [3.8, 4) is 67.3 Å². The number of aromatic nitrogens is 2. The van der Waals surface area contributed by atoms with Crippen molar-refractivity contribution in [1.29, 1.82) is 0 Å². The minimum atomic E-state index is 0.700. The summed E-state index contributed by atoms with van der Waals surface area (Å²) in [4.78, 5) is 10.6. The first-order chi connectivity index (χ1) is 26.8. The Morgan fingerprint density at radius 2 is 0.759 bits per heavy atom. The van der Waals surface area contributed by atoms with E-state index >= 15 is 0 Å². The summed E-state index contributed by atoms with van der Waals surface area (Å²) >= 11 is 0. The largest absolute Gasteiger partial charge is 0.228 e. The molecule has 0 aliphatic carbocycles. The van der Waals surface area contributed by atoms with Gasteiger partial charge in [-0.1, -0.05) is 194 Å². The lowest BCUT2D eigenvalue weighted by Gasteiger charge is -2.19. The Balaban J connectivity index is 1.22. The standard InChI is InChI=1S/C52H34N2/c1-4-15-35(16-5-1)36-27-29-37(30-28-36)41-22-14-23-42(33-41)47-34-48(54-52(53-47)40-20-8-3-9-21-40)50-45-26-13-12-25-44(45)49(39-18-6-2-7-19-39)51-43-24-11-10-17-38(43)31-32-46(50)51/h1-34H. The van der Waals surface area contributed by atoms with Crippen LogP contribution >= 0.6 is 0 Å². The van der Waals surface area contributed by atoms with Crippen LogP contribution in [0.3, 0.4) is 0 Å². The van der Waals surface area contributed by atoms with E-state index in [1.54, 1.807) is 0 Å². The number of rotatable bonds is 6. The average Bonchev–Trinajstić information content (AvgIpc) is 3.26. The zero-order chi connectivity index (χ0) is 35.8. The summed E-state index contributed by atoms with van der Waals surface area (Å²) in [6.45, 7) is 0. The van der Waals surface area contributed by atoms with E-state index in [1.165, 1.54) is 49.2 Å². The van der Waals surface area contributed by atoms with Crippen molar-refractivity contribution in [3.05, 3.63) is 206 Å². The summed E-state index contributed by atoms with van der Waals surface area (Å²) < 4.78 is 0. The molecule has 0 aliphatic rings. The van der Waals surface area contributed by atoms with E-state index in [0.717, 1.165) is 44.6 Å². The Bertz CT molecular complexity index is 2950. The molecule has 54 heavy (non-hydrogen) atoms. The smallest absolute Gasteiger partial charge is 0.160 e. The number of hydrogen-bond donors (Lipinski definition) is 0. The van der Waals surface area contributed by atoms with Crippen molar-refractivity contribution >= 4 is 32.3 Å². The van der Waals surface area contributed by atoms with Crippen molar-refractivity contribution in [2.75, 3.05) is 0 Å². The molecule has 1 aromatic heterocycles. The highest BCUT2D eigenvalue weighted by Gasteiger charge is 2.21. The molecule has 0 aliphatic heterocycles. The summed E-state index contributed by atoms with van der Waals surface area (Å²) in [5.41, 5.74) is 12.1. The molecule has 2 nitrogen and oxygen atoms in total. The van der Waals surface area contributed by atoms with Gasteiger partial charge in [0.15, 0.2) is 5.82 Å². The van der Waals surface area contributed by atoms with Crippen LogP contribution in [0.25, 0.3) is 99.6 Å². The van der Waals surface area contributed by atoms with Gasteiger partial charge in [0, 0.05) is 16.7 Å². The van der Waals surface area contributed by atoms with Crippen LogP contribution in [-0.2, 0) is 0 Å². The number of fused-ring (bicyclic) bond motifs is 4. The monoisotopic (exact) mass is 686 g/mol. The van der Waals surface area contributed by atoms with Crippen LogP contribution in [-0.4, -0.2) is 9.97 Å². The predicted molar refractivity (Wildman–Crippen MR) is 227 cm³/mol. The summed E-state index contributed by atoms with van der Waals surface area (Å²) in [6, 6.07) is 73.4. The Labute approximate surface area is 314 Å². The molecule has 252 valence electrons. The van der Waals surface area contributed by atoms with Gasteiger partial charge >= 0.3 is 0 Å². The zero-order valence-electron chi connectivity index (χ0n) is 29.5. The van der Waals surface area contributed by atoms with E-state index in [0.29, 0.717) is 5.82 Å². The van der Waals surface area contributed by atoms with Crippen LogP contribution in [0.5, 0.6) is 0 Å². The molecule has 0 unspecified atom stereocenters. The van der Waals surface area contributed by atoms with Gasteiger partial charge < -0.3 is 0 Å². The Hall–Kier alpha value is -7.16. The maximum Gasteiger partial charge on any atom is 0.160 e. The van der Waals surface area contributed by atoms with Crippen LogP contribution in [0.4, 0.5) is 0 Å². The van der Waals surface area contributed by atoms with Gasteiger partial charge in [-0.25, -0.2) is 9.97 Å². The molecular formula is C52H34N2. The molecule has 0 saturated heterocycles. The van der Waals surface area contributed by atoms with E-state index in [1.807, 2.05) is 6.07 Å². The molecule has 0 spiro atoms. The summed E-state index contributed by atoms with van der Waals surface area (Å²) in [7, 11) is 0. The molecule has 9 aromatic carbocycles. The molecular weight excluding hydrogens is 653 g/mol.